The van der Waals surface area contributed by atoms with Gasteiger partial charge in [-0.05, 0) is 41.3 Å². The third-order valence-corrected chi connectivity index (χ3v) is 5.47. The standard InChI is InChI=1S/C23H25ClN4O4/c1-12-22(31)28-19(21(25)30)11-15-5-3-4-6-18(15)16-7-14(8-17(24)10-16)9-20(23(32)26-12)27-13(2)29/h3-8,10,12,19-20H,9,11H2,1-2H3,(H2,25,30)(H,26,32)(H,27,29)(H,28,31)/t12-,19-,20-/m0/s1. The molecule has 4 amide bonds. The van der Waals surface area contributed by atoms with Gasteiger partial charge in [-0.1, -0.05) is 41.9 Å². The number of nitrogens with one attached hydrogen (secondary N) is 3. The van der Waals surface area contributed by atoms with Crippen LogP contribution in [-0.2, 0) is 32.0 Å². The van der Waals surface area contributed by atoms with Crippen LogP contribution in [0.1, 0.15) is 25.0 Å². The van der Waals surface area contributed by atoms with Crippen LogP contribution in [0.2, 0.25) is 5.02 Å². The minimum Gasteiger partial charge on any atom is -0.368 e. The molecule has 1 aliphatic heterocycles. The summed E-state index contributed by atoms with van der Waals surface area (Å²) in [4.78, 5) is 49.3. The van der Waals surface area contributed by atoms with E-state index in [1.54, 1.807) is 12.1 Å². The second-order valence-electron chi connectivity index (χ2n) is 7.86. The van der Waals surface area contributed by atoms with E-state index in [1.807, 2.05) is 30.3 Å². The SMILES string of the molecule is CC(=O)N[C@H]1Cc2cc(Cl)cc(c2)-c2ccccc2C[C@@H](C(N)=O)NC(=O)[C@H](C)NC1=O. The lowest BCUT2D eigenvalue weighted by atomic mass is 9.92. The summed E-state index contributed by atoms with van der Waals surface area (Å²) in [7, 11) is 0. The summed E-state index contributed by atoms with van der Waals surface area (Å²) in [5.74, 6) is -2.16. The monoisotopic (exact) mass is 456 g/mol. The summed E-state index contributed by atoms with van der Waals surface area (Å²) in [5, 5.41) is 8.29. The van der Waals surface area contributed by atoms with Crippen molar-refractivity contribution in [2.75, 3.05) is 0 Å². The van der Waals surface area contributed by atoms with E-state index in [4.69, 9.17) is 17.3 Å². The average Bonchev–Trinajstić information content (AvgIpc) is 2.71. The maximum atomic E-state index is 12.8. The van der Waals surface area contributed by atoms with Gasteiger partial charge in [-0.2, -0.15) is 0 Å². The minimum atomic E-state index is -0.976. The minimum absolute atomic E-state index is 0.175. The number of hydrogen-bond donors (Lipinski definition) is 4. The molecular weight excluding hydrogens is 432 g/mol. The lowest BCUT2D eigenvalue weighted by molar-refractivity contribution is -0.132. The van der Waals surface area contributed by atoms with Gasteiger partial charge in [0.1, 0.15) is 18.1 Å². The van der Waals surface area contributed by atoms with Gasteiger partial charge in [0.15, 0.2) is 0 Å². The molecule has 8 nitrogen and oxygen atoms in total. The number of primary amides is 1. The predicted octanol–water partition coefficient (Wildman–Crippen LogP) is 1.09. The molecule has 1 heterocycles. The van der Waals surface area contributed by atoms with Crippen LogP contribution in [0, 0.1) is 0 Å². The first-order valence-electron chi connectivity index (χ1n) is 10.2. The molecule has 1 aliphatic rings. The van der Waals surface area contributed by atoms with Gasteiger partial charge in [0.05, 0.1) is 0 Å². The molecule has 5 N–H and O–H groups in total. The molecule has 0 aliphatic carbocycles. The lowest BCUT2D eigenvalue weighted by Gasteiger charge is -2.24. The average molecular weight is 457 g/mol. The number of carbonyl (C=O) groups is 4. The molecule has 2 aromatic carbocycles. The highest BCUT2D eigenvalue weighted by atomic mass is 35.5. The largest absolute Gasteiger partial charge is 0.368 e. The van der Waals surface area contributed by atoms with E-state index in [0.717, 1.165) is 22.3 Å². The van der Waals surface area contributed by atoms with E-state index in [9.17, 15) is 19.2 Å². The highest BCUT2D eigenvalue weighted by Gasteiger charge is 2.28. The number of rotatable bonds is 2. The van der Waals surface area contributed by atoms with Crippen molar-refractivity contribution in [2.45, 2.75) is 44.8 Å². The molecule has 3 atom stereocenters. The zero-order chi connectivity index (χ0) is 23.4. The van der Waals surface area contributed by atoms with Gasteiger partial charge in [-0.25, -0.2) is 0 Å². The van der Waals surface area contributed by atoms with Gasteiger partial charge >= 0.3 is 0 Å². The second kappa shape index (κ2) is 9.82. The van der Waals surface area contributed by atoms with Gasteiger partial charge in [0.2, 0.25) is 23.6 Å². The molecule has 0 aromatic heterocycles. The van der Waals surface area contributed by atoms with Crippen molar-refractivity contribution < 1.29 is 19.2 Å². The van der Waals surface area contributed by atoms with Gasteiger partial charge in [0.25, 0.3) is 0 Å². The maximum Gasteiger partial charge on any atom is 0.243 e. The van der Waals surface area contributed by atoms with Crippen LogP contribution in [0.15, 0.2) is 42.5 Å². The van der Waals surface area contributed by atoms with Crippen molar-refractivity contribution >= 4 is 35.2 Å². The highest BCUT2D eigenvalue weighted by Crippen LogP contribution is 2.29. The van der Waals surface area contributed by atoms with Gasteiger partial charge in [0, 0.05) is 24.8 Å². The first-order chi connectivity index (χ1) is 15.1. The predicted molar refractivity (Wildman–Crippen MR) is 121 cm³/mol. The fourth-order valence-electron chi connectivity index (χ4n) is 3.71. The highest BCUT2D eigenvalue weighted by molar-refractivity contribution is 6.31. The molecule has 2 aromatic rings. The van der Waals surface area contributed by atoms with Crippen molar-refractivity contribution in [2.24, 2.45) is 5.73 Å². The Hall–Kier alpha value is -3.39. The summed E-state index contributed by atoms with van der Waals surface area (Å²) < 4.78 is 0. The van der Waals surface area contributed by atoms with Crippen LogP contribution in [0.3, 0.4) is 0 Å². The van der Waals surface area contributed by atoms with Crippen LogP contribution < -0.4 is 21.7 Å². The molecule has 168 valence electrons. The Kier molecular flexibility index (Phi) is 7.15. The van der Waals surface area contributed by atoms with Gasteiger partial charge in [-0.3, -0.25) is 19.2 Å². The number of benzene rings is 2. The van der Waals surface area contributed by atoms with Crippen LogP contribution >= 0.6 is 11.6 Å². The quantitative estimate of drug-likeness (QED) is 0.538. The maximum absolute atomic E-state index is 12.8. The number of halogens is 1. The van der Waals surface area contributed by atoms with Crippen molar-refractivity contribution in [3.63, 3.8) is 0 Å². The summed E-state index contributed by atoms with van der Waals surface area (Å²) in [6, 6.07) is 9.99. The Morgan fingerprint density at radius 3 is 2.47 bits per heavy atom. The molecule has 0 unspecified atom stereocenters. The smallest absolute Gasteiger partial charge is 0.243 e. The van der Waals surface area contributed by atoms with Crippen LogP contribution in [-0.4, -0.2) is 41.8 Å². The third-order valence-electron chi connectivity index (χ3n) is 5.26. The first-order valence-corrected chi connectivity index (χ1v) is 10.6. The topological polar surface area (TPSA) is 130 Å². The van der Waals surface area contributed by atoms with Crippen molar-refractivity contribution in [1.29, 1.82) is 0 Å². The van der Waals surface area contributed by atoms with E-state index >= 15 is 0 Å². The lowest BCUT2D eigenvalue weighted by Crippen LogP contribution is -2.56. The van der Waals surface area contributed by atoms with E-state index < -0.39 is 35.8 Å². The molecular formula is C23H25ClN4O4. The summed E-state index contributed by atoms with van der Waals surface area (Å²) in [5.41, 5.74) is 8.69. The number of hydrogen-bond acceptors (Lipinski definition) is 4. The molecule has 32 heavy (non-hydrogen) atoms. The number of amides is 4. The van der Waals surface area contributed by atoms with Crippen LogP contribution in [0.25, 0.3) is 11.1 Å². The number of fused-ring (bicyclic) bond motifs is 4. The Bertz CT molecular complexity index is 1070. The third kappa shape index (κ3) is 5.64. The summed E-state index contributed by atoms with van der Waals surface area (Å²) in [6.07, 6.45) is 0.355. The van der Waals surface area contributed by atoms with Gasteiger partial charge < -0.3 is 21.7 Å². The normalized spacial score (nSPS) is 21.4. The molecule has 2 bridgehead atoms. The molecule has 0 spiro atoms. The van der Waals surface area contributed by atoms with Crippen molar-refractivity contribution in [3.8, 4) is 11.1 Å². The van der Waals surface area contributed by atoms with Crippen molar-refractivity contribution in [3.05, 3.63) is 58.6 Å². The molecule has 3 rings (SSSR count). The van der Waals surface area contributed by atoms with Crippen molar-refractivity contribution in [1.82, 2.24) is 16.0 Å². The fraction of sp³-hybridized carbons (Fsp3) is 0.304. The van der Waals surface area contributed by atoms with E-state index in [-0.39, 0.29) is 18.7 Å². The molecule has 0 saturated heterocycles. The number of carbonyl (C=O) groups excluding carboxylic acids is 4. The summed E-state index contributed by atoms with van der Waals surface area (Å²) in [6.45, 7) is 2.80. The Morgan fingerprint density at radius 1 is 1.06 bits per heavy atom. The fourth-order valence-corrected chi connectivity index (χ4v) is 3.97. The first kappa shape index (κ1) is 23.3. The van der Waals surface area contributed by atoms with Gasteiger partial charge in [-0.15, -0.1) is 0 Å². The van der Waals surface area contributed by atoms with Crippen LogP contribution in [0.5, 0.6) is 0 Å². The zero-order valence-electron chi connectivity index (χ0n) is 17.8. The van der Waals surface area contributed by atoms with E-state index in [1.165, 1.54) is 13.8 Å². The number of nitrogens with two attached hydrogens (primary N) is 1. The molecule has 0 radical (unpaired) electrons. The zero-order valence-corrected chi connectivity index (χ0v) is 18.5. The second-order valence-corrected chi connectivity index (χ2v) is 8.30. The molecule has 0 fully saturated rings. The molecule has 9 heteroatoms. The Morgan fingerprint density at radius 2 is 1.78 bits per heavy atom. The van der Waals surface area contributed by atoms with E-state index in [0.29, 0.717) is 5.02 Å². The Balaban J connectivity index is 2.14. The summed E-state index contributed by atoms with van der Waals surface area (Å²) >= 11 is 6.37. The molecule has 0 saturated carbocycles. The Labute approximate surface area is 190 Å². The van der Waals surface area contributed by atoms with Crippen LogP contribution in [0.4, 0.5) is 0 Å². The van der Waals surface area contributed by atoms with E-state index in [2.05, 4.69) is 16.0 Å².